The summed E-state index contributed by atoms with van der Waals surface area (Å²) >= 11 is 0.792. The molecular weight excluding hydrogens is 400 g/mol. The molecule has 0 aromatic heterocycles. The highest BCUT2D eigenvalue weighted by Gasteiger charge is 2.34. The van der Waals surface area contributed by atoms with Crippen molar-refractivity contribution in [3.05, 3.63) is 107 Å². The van der Waals surface area contributed by atoms with Gasteiger partial charge >= 0.3 is 0 Å². The standard InChI is InChI=1S/C23H14N2O4S/c24-14-15-8-4-7-13-19(15)28-23-20(25-30-29-16-9-2-1-3-10-16)21(26)17-11-5-6-12-18(17)22(23)27/h1-13,25H. The fourth-order valence-corrected chi connectivity index (χ4v) is 3.41. The first-order valence-electron chi connectivity index (χ1n) is 8.93. The van der Waals surface area contributed by atoms with E-state index < -0.39 is 11.6 Å². The number of nitrogens with zero attached hydrogens (tertiary/aromatic N) is 1. The summed E-state index contributed by atoms with van der Waals surface area (Å²) in [6.07, 6.45) is 0. The van der Waals surface area contributed by atoms with E-state index in [0.29, 0.717) is 5.75 Å². The van der Waals surface area contributed by atoms with Gasteiger partial charge in [-0.3, -0.25) is 14.3 Å². The Morgan fingerprint density at radius 1 is 0.800 bits per heavy atom. The minimum absolute atomic E-state index is 0.0487. The number of Topliss-reactive ketones (excluding diaryl/α,β-unsaturated/α-hetero) is 2. The number of benzene rings is 3. The second-order valence-corrected chi connectivity index (χ2v) is 6.74. The number of ketones is 2. The Hall–Kier alpha value is -4.02. The highest BCUT2D eigenvalue weighted by Crippen LogP contribution is 2.30. The van der Waals surface area contributed by atoms with Gasteiger partial charge in [0.1, 0.15) is 23.3 Å². The predicted molar refractivity (Wildman–Crippen MR) is 112 cm³/mol. The van der Waals surface area contributed by atoms with E-state index in [4.69, 9.17) is 8.92 Å². The van der Waals surface area contributed by atoms with Gasteiger partial charge in [-0.05, 0) is 24.3 Å². The number of rotatable bonds is 6. The lowest BCUT2D eigenvalue weighted by atomic mass is 9.91. The Bertz CT molecular complexity index is 1200. The molecule has 0 radical (unpaired) electrons. The molecule has 0 fully saturated rings. The number of nitrogens with one attached hydrogen (secondary N) is 1. The molecular formula is C23H14N2O4S. The monoisotopic (exact) mass is 414 g/mol. The molecule has 30 heavy (non-hydrogen) atoms. The molecule has 6 nitrogen and oxygen atoms in total. The Kier molecular flexibility index (Phi) is 5.50. The number of fused-ring (bicyclic) bond motifs is 1. The summed E-state index contributed by atoms with van der Waals surface area (Å²) in [6.45, 7) is 0. The van der Waals surface area contributed by atoms with Crippen molar-refractivity contribution in [1.82, 2.24) is 4.72 Å². The number of allylic oxidation sites excluding steroid dienone is 2. The smallest absolute Gasteiger partial charge is 0.231 e. The van der Waals surface area contributed by atoms with Crippen molar-refractivity contribution in [3.63, 3.8) is 0 Å². The average molecular weight is 414 g/mol. The van der Waals surface area contributed by atoms with Crippen LogP contribution in [0.1, 0.15) is 26.3 Å². The molecule has 1 aliphatic carbocycles. The van der Waals surface area contributed by atoms with Crippen LogP contribution in [0.5, 0.6) is 11.5 Å². The van der Waals surface area contributed by atoms with E-state index in [9.17, 15) is 14.9 Å². The van der Waals surface area contributed by atoms with Crippen molar-refractivity contribution in [2.75, 3.05) is 0 Å². The summed E-state index contributed by atoms with van der Waals surface area (Å²) in [5.41, 5.74) is 0.710. The third kappa shape index (κ3) is 3.77. The molecule has 7 heteroatoms. The number of ether oxygens (including phenoxy) is 1. The largest absolute Gasteiger partial charge is 0.449 e. The SMILES string of the molecule is N#Cc1ccccc1OC1=C(NSOc2ccccc2)C(=O)c2ccccc2C1=O. The van der Waals surface area contributed by atoms with Crippen LogP contribution in [0.15, 0.2) is 90.3 Å². The topological polar surface area (TPSA) is 88.4 Å². The number of para-hydroxylation sites is 2. The Morgan fingerprint density at radius 3 is 2.17 bits per heavy atom. The molecule has 1 aliphatic rings. The number of carbonyl (C=O) groups is 2. The summed E-state index contributed by atoms with van der Waals surface area (Å²) in [5.74, 6) is -0.295. The van der Waals surface area contributed by atoms with Gasteiger partial charge in [-0.2, -0.15) is 5.26 Å². The zero-order chi connectivity index (χ0) is 20.9. The van der Waals surface area contributed by atoms with Crippen LogP contribution in [0.2, 0.25) is 0 Å². The molecule has 0 aliphatic heterocycles. The van der Waals surface area contributed by atoms with Gasteiger partial charge < -0.3 is 8.92 Å². The highest BCUT2D eigenvalue weighted by molar-refractivity contribution is 7.93. The van der Waals surface area contributed by atoms with Gasteiger partial charge in [-0.25, -0.2) is 0 Å². The van der Waals surface area contributed by atoms with Crippen molar-refractivity contribution >= 4 is 23.8 Å². The van der Waals surface area contributed by atoms with Crippen LogP contribution < -0.4 is 13.6 Å². The van der Waals surface area contributed by atoms with Gasteiger partial charge in [0.25, 0.3) is 0 Å². The molecule has 0 unspecified atom stereocenters. The minimum Gasteiger partial charge on any atom is -0.449 e. The molecule has 0 amide bonds. The van der Waals surface area contributed by atoms with E-state index in [-0.39, 0.29) is 33.9 Å². The number of carbonyl (C=O) groups excluding carboxylic acids is 2. The van der Waals surface area contributed by atoms with Gasteiger partial charge in [0.05, 0.1) is 5.56 Å². The lowest BCUT2D eigenvalue weighted by Crippen LogP contribution is -2.30. The fourth-order valence-electron chi connectivity index (χ4n) is 2.89. The molecule has 0 heterocycles. The quantitative estimate of drug-likeness (QED) is 0.471. The van der Waals surface area contributed by atoms with Crippen molar-refractivity contribution in [3.8, 4) is 17.6 Å². The van der Waals surface area contributed by atoms with Crippen molar-refractivity contribution in [1.29, 1.82) is 5.26 Å². The van der Waals surface area contributed by atoms with E-state index in [0.717, 1.165) is 12.2 Å². The third-order valence-electron chi connectivity index (χ3n) is 4.32. The van der Waals surface area contributed by atoms with Gasteiger partial charge in [0.15, 0.2) is 12.2 Å². The molecule has 0 atom stereocenters. The van der Waals surface area contributed by atoms with Crippen LogP contribution in [-0.4, -0.2) is 11.6 Å². The Morgan fingerprint density at radius 2 is 1.43 bits per heavy atom. The van der Waals surface area contributed by atoms with Crippen LogP contribution >= 0.6 is 12.2 Å². The summed E-state index contributed by atoms with van der Waals surface area (Å²) in [7, 11) is 0. The lowest BCUT2D eigenvalue weighted by Gasteiger charge is -2.21. The van der Waals surface area contributed by atoms with Crippen LogP contribution in [0, 0.1) is 11.3 Å². The molecule has 1 N–H and O–H groups in total. The van der Waals surface area contributed by atoms with E-state index in [2.05, 4.69) is 4.72 Å². The number of hydrogen-bond acceptors (Lipinski definition) is 7. The van der Waals surface area contributed by atoms with E-state index in [1.807, 2.05) is 24.3 Å². The highest BCUT2D eigenvalue weighted by atomic mass is 32.2. The normalized spacial score (nSPS) is 12.8. The predicted octanol–water partition coefficient (Wildman–Crippen LogP) is 4.46. The van der Waals surface area contributed by atoms with E-state index in [1.165, 1.54) is 0 Å². The molecule has 0 spiro atoms. The summed E-state index contributed by atoms with van der Waals surface area (Å²) in [6, 6.07) is 24.0. The van der Waals surface area contributed by atoms with Crippen LogP contribution in [0.4, 0.5) is 0 Å². The van der Waals surface area contributed by atoms with Crippen LogP contribution in [0.25, 0.3) is 0 Å². The second-order valence-electron chi connectivity index (χ2n) is 6.20. The van der Waals surface area contributed by atoms with E-state index in [1.54, 1.807) is 60.7 Å². The maximum Gasteiger partial charge on any atom is 0.231 e. The van der Waals surface area contributed by atoms with Crippen molar-refractivity contribution < 1.29 is 18.5 Å². The second kappa shape index (κ2) is 8.55. The van der Waals surface area contributed by atoms with Crippen molar-refractivity contribution in [2.24, 2.45) is 0 Å². The number of hydrogen-bond donors (Lipinski definition) is 1. The van der Waals surface area contributed by atoms with Gasteiger partial charge in [-0.15, -0.1) is 0 Å². The fraction of sp³-hybridized carbons (Fsp3) is 0. The van der Waals surface area contributed by atoms with E-state index >= 15 is 0 Å². The summed E-state index contributed by atoms with van der Waals surface area (Å²) in [5, 5.41) is 9.32. The minimum atomic E-state index is -0.458. The third-order valence-corrected chi connectivity index (χ3v) is 4.88. The zero-order valence-corrected chi connectivity index (χ0v) is 16.3. The Labute approximate surface area is 177 Å². The van der Waals surface area contributed by atoms with Gasteiger partial charge in [-0.1, -0.05) is 54.6 Å². The molecule has 146 valence electrons. The molecule has 0 saturated carbocycles. The van der Waals surface area contributed by atoms with Crippen LogP contribution in [0.3, 0.4) is 0 Å². The first kappa shape index (κ1) is 19.3. The summed E-state index contributed by atoms with van der Waals surface area (Å²) in [4.78, 5) is 26.2. The molecule has 4 rings (SSSR count). The van der Waals surface area contributed by atoms with Gasteiger partial charge in [0, 0.05) is 11.1 Å². The zero-order valence-electron chi connectivity index (χ0n) is 15.5. The molecule has 0 bridgehead atoms. The maximum absolute atomic E-state index is 13.1. The maximum atomic E-state index is 13.1. The summed E-state index contributed by atoms with van der Waals surface area (Å²) < 4.78 is 14.1. The van der Waals surface area contributed by atoms with Crippen LogP contribution in [-0.2, 0) is 0 Å². The Balaban J connectivity index is 1.69. The molecule has 3 aromatic rings. The van der Waals surface area contributed by atoms with Gasteiger partial charge in [0.2, 0.25) is 17.3 Å². The molecule has 0 saturated heterocycles. The molecule has 3 aromatic carbocycles. The first-order chi connectivity index (χ1) is 14.7. The van der Waals surface area contributed by atoms with Crippen molar-refractivity contribution in [2.45, 2.75) is 0 Å². The first-order valence-corrected chi connectivity index (χ1v) is 9.67. The lowest BCUT2D eigenvalue weighted by molar-refractivity contribution is 0.0933. The average Bonchev–Trinajstić information content (AvgIpc) is 2.80. The number of nitriles is 1.